The number of aromatic amines is 1. The number of hydrogen-bond donors (Lipinski definition) is 2. The lowest BCUT2D eigenvalue weighted by atomic mass is 9.75. The molecule has 0 unspecified atom stereocenters. The van der Waals surface area contributed by atoms with Gasteiger partial charge in [0.05, 0.1) is 5.56 Å². The van der Waals surface area contributed by atoms with Gasteiger partial charge in [0.15, 0.2) is 0 Å². The number of nitrogens with one attached hydrogen (secondary N) is 2. The highest BCUT2D eigenvalue weighted by atomic mass is 15.5. The van der Waals surface area contributed by atoms with Crippen LogP contribution in [0.3, 0.4) is 0 Å². The summed E-state index contributed by atoms with van der Waals surface area (Å²) in [6.07, 6.45) is 6.63. The van der Waals surface area contributed by atoms with E-state index in [1.165, 1.54) is 25.7 Å². The normalized spacial score (nSPS) is 18.9. The van der Waals surface area contributed by atoms with E-state index in [0.29, 0.717) is 17.3 Å². The van der Waals surface area contributed by atoms with Crippen LogP contribution in [0.25, 0.3) is 11.4 Å². The van der Waals surface area contributed by atoms with E-state index in [4.69, 9.17) is 0 Å². The fourth-order valence-corrected chi connectivity index (χ4v) is 2.71. The maximum atomic E-state index is 4.43. The Morgan fingerprint density at radius 3 is 2.80 bits per heavy atom. The first kappa shape index (κ1) is 13.0. The second-order valence-electron chi connectivity index (χ2n) is 6.22. The van der Waals surface area contributed by atoms with Crippen LogP contribution in [0.4, 0.5) is 5.82 Å². The number of nitrogens with zero attached hydrogens (tertiary/aromatic N) is 4. The molecule has 6 heteroatoms. The van der Waals surface area contributed by atoms with Gasteiger partial charge in [0.25, 0.3) is 0 Å². The first-order chi connectivity index (χ1) is 9.64. The van der Waals surface area contributed by atoms with Crippen LogP contribution in [0, 0.1) is 5.41 Å². The van der Waals surface area contributed by atoms with Crippen molar-refractivity contribution in [1.82, 2.24) is 25.6 Å². The molecule has 2 N–H and O–H groups in total. The average Bonchev–Trinajstić information content (AvgIpc) is 2.96. The topological polar surface area (TPSA) is 79.4 Å². The second-order valence-corrected chi connectivity index (χ2v) is 6.22. The zero-order valence-electron chi connectivity index (χ0n) is 11.9. The third-order valence-electron chi connectivity index (χ3n) is 4.07. The Hall–Kier alpha value is -1.98. The van der Waals surface area contributed by atoms with Crippen molar-refractivity contribution in [2.24, 2.45) is 5.41 Å². The SMILES string of the molecule is CC1(C)CCC(Nc2ncccc2-c2nn[nH]n2)CC1. The van der Waals surface area contributed by atoms with E-state index in [2.05, 4.69) is 44.8 Å². The van der Waals surface area contributed by atoms with Crippen LogP contribution in [0.2, 0.25) is 0 Å². The first-order valence-electron chi connectivity index (χ1n) is 7.09. The summed E-state index contributed by atoms with van der Waals surface area (Å²) in [6, 6.07) is 4.33. The van der Waals surface area contributed by atoms with Gasteiger partial charge in [-0.05, 0) is 48.4 Å². The Labute approximate surface area is 118 Å². The van der Waals surface area contributed by atoms with Gasteiger partial charge in [-0.15, -0.1) is 10.2 Å². The van der Waals surface area contributed by atoms with Crippen LogP contribution in [0.15, 0.2) is 18.3 Å². The molecule has 0 spiro atoms. The van der Waals surface area contributed by atoms with Gasteiger partial charge in [-0.25, -0.2) is 4.98 Å². The van der Waals surface area contributed by atoms with Crippen molar-refractivity contribution >= 4 is 5.82 Å². The minimum absolute atomic E-state index is 0.471. The standard InChI is InChI=1S/C14H20N6/c1-14(2)7-5-10(6-8-14)16-12-11(4-3-9-15-12)13-17-19-20-18-13/h3-4,9-10H,5-8H2,1-2H3,(H,15,16)(H,17,18,19,20). The monoisotopic (exact) mass is 272 g/mol. The highest BCUT2D eigenvalue weighted by molar-refractivity contribution is 5.69. The summed E-state index contributed by atoms with van der Waals surface area (Å²) >= 11 is 0. The van der Waals surface area contributed by atoms with Gasteiger partial charge in [-0.3, -0.25) is 0 Å². The van der Waals surface area contributed by atoms with E-state index >= 15 is 0 Å². The molecule has 0 aliphatic heterocycles. The summed E-state index contributed by atoms with van der Waals surface area (Å²) in [5.74, 6) is 1.43. The Morgan fingerprint density at radius 2 is 2.10 bits per heavy atom. The molecule has 1 saturated carbocycles. The number of hydrogen-bond acceptors (Lipinski definition) is 5. The molecule has 1 aliphatic rings. The summed E-state index contributed by atoms with van der Waals surface area (Å²) < 4.78 is 0. The molecule has 106 valence electrons. The Balaban J connectivity index is 1.75. The van der Waals surface area contributed by atoms with Crippen molar-refractivity contribution in [2.75, 3.05) is 5.32 Å². The second kappa shape index (κ2) is 5.19. The fraction of sp³-hybridized carbons (Fsp3) is 0.571. The minimum Gasteiger partial charge on any atom is -0.367 e. The Kier molecular flexibility index (Phi) is 3.38. The highest BCUT2D eigenvalue weighted by Gasteiger charge is 2.27. The number of aromatic nitrogens is 5. The van der Waals surface area contributed by atoms with E-state index < -0.39 is 0 Å². The molecule has 0 aromatic carbocycles. The summed E-state index contributed by atoms with van der Waals surface area (Å²) in [6.45, 7) is 4.68. The smallest absolute Gasteiger partial charge is 0.208 e. The first-order valence-corrected chi connectivity index (χ1v) is 7.09. The van der Waals surface area contributed by atoms with Crippen LogP contribution < -0.4 is 5.32 Å². The van der Waals surface area contributed by atoms with E-state index in [1.54, 1.807) is 6.20 Å². The molecule has 20 heavy (non-hydrogen) atoms. The van der Waals surface area contributed by atoms with Gasteiger partial charge >= 0.3 is 0 Å². The summed E-state index contributed by atoms with van der Waals surface area (Å²) in [5.41, 5.74) is 1.37. The molecule has 2 aromatic rings. The largest absolute Gasteiger partial charge is 0.367 e. The van der Waals surface area contributed by atoms with Crippen molar-refractivity contribution in [3.05, 3.63) is 18.3 Å². The molecule has 0 bridgehead atoms. The van der Waals surface area contributed by atoms with Crippen molar-refractivity contribution in [2.45, 2.75) is 45.6 Å². The molecule has 1 aliphatic carbocycles. The summed E-state index contributed by atoms with van der Waals surface area (Å²) in [4.78, 5) is 4.43. The summed E-state index contributed by atoms with van der Waals surface area (Å²) in [5, 5.41) is 17.7. The van der Waals surface area contributed by atoms with Gasteiger partial charge in [-0.1, -0.05) is 13.8 Å². The van der Waals surface area contributed by atoms with Crippen LogP contribution in [-0.2, 0) is 0 Å². The van der Waals surface area contributed by atoms with Crippen molar-refractivity contribution in [3.63, 3.8) is 0 Å². The third-order valence-corrected chi connectivity index (χ3v) is 4.07. The Morgan fingerprint density at radius 1 is 1.30 bits per heavy atom. The molecule has 2 heterocycles. The van der Waals surface area contributed by atoms with Crippen molar-refractivity contribution < 1.29 is 0 Å². The number of rotatable bonds is 3. The predicted molar refractivity (Wildman–Crippen MR) is 77.1 cm³/mol. The predicted octanol–water partition coefficient (Wildman–Crippen LogP) is 2.64. The number of anilines is 1. The lowest BCUT2D eigenvalue weighted by molar-refractivity contribution is 0.232. The molecule has 0 saturated heterocycles. The van der Waals surface area contributed by atoms with E-state index in [-0.39, 0.29) is 0 Å². The zero-order valence-corrected chi connectivity index (χ0v) is 11.9. The molecule has 6 nitrogen and oxygen atoms in total. The molecule has 1 fully saturated rings. The molecule has 2 aromatic heterocycles. The maximum Gasteiger partial charge on any atom is 0.208 e. The lowest BCUT2D eigenvalue weighted by Gasteiger charge is -2.35. The molecule has 3 rings (SSSR count). The highest BCUT2D eigenvalue weighted by Crippen LogP contribution is 2.36. The van der Waals surface area contributed by atoms with Crippen LogP contribution in [-0.4, -0.2) is 31.6 Å². The fourth-order valence-electron chi connectivity index (χ4n) is 2.71. The number of pyridine rings is 1. The van der Waals surface area contributed by atoms with E-state index in [9.17, 15) is 0 Å². The van der Waals surface area contributed by atoms with Crippen LogP contribution in [0.5, 0.6) is 0 Å². The van der Waals surface area contributed by atoms with Crippen LogP contribution >= 0.6 is 0 Å². The number of H-pyrrole nitrogens is 1. The van der Waals surface area contributed by atoms with E-state index in [0.717, 1.165) is 11.4 Å². The van der Waals surface area contributed by atoms with Crippen LogP contribution in [0.1, 0.15) is 39.5 Å². The average molecular weight is 272 g/mol. The quantitative estimate of drug-likeness (QED) is 0.898. The zero-order chi connectivity index (χ0) is 14.0. The molecule has 0 atom stereocenters. The van der Waals surface area contributed by atoms with E-state index in [1.807, 2.05) is 12.1 Å². The Bertz CT molecular complexity index is 553. The molecule has 0 amide bonds. The van der Waals surface area contributed by atoms with Gasteiger partial charge in [0.1, 0.15) is 5.82 Å². The van der Waals surface area contributed by atoms with Crippen molar-refractivity contribution in [3.8, 4) is 11.4 Å². The van der Waals surface area contributed by atoms with Gasteiger partial charge < -0.3 is 5.32 Å². The van der Waals surface area contributed by atoms with Gasteiger partial charge in [0, 0.05) is 12.2 Å². The van der Waals surface area contributed by atoms with Gasteiger partial charge in [-0.2, -0.15) is 5.21 Å². The van der Waals surface area contributed by atoms with Gasteiger partial charge in [0.2, 0.25) is 5.82 Å². The minimum atomic E-state index is 0.471. The number of tetrazole rings is 1. The lowest BCUT2D eigenvalue weighted by Crippen LogP contribution is -2.30. The van der Waals surface area contributed by atoms with Crippen molar-refractivity contribution in [1.29, 1.82) is 0 Å². The molecular formula is C14H20N6. The maximum absolute atomic E-state index is 4.43. The molecule has 0 radical (unpaired) electrons. The molecular weight excluding hydrogens is 252 g/mol. The summed E-state index contributed by atoms with van der Waals surface area (Å²) in [7, 11) is 0. The third kappa shape index (κ3) is 2.79.